The van der Waals surface area contributed by atoms with Gasteiger partial charge in [0.05, 0.1) is 26.4 Å². The molecule has 0 radical (unpaired) electrons. The summed E-state index contributed by atoms with van der Waals surface area (Å²) in [4.78, 5) is 48.2. The van der Waals surface area contributed by atoms with Crippen LogP contribution in [0.3, 0.4) is 0 Å². The second-order valence-corrected chi connectivity index (χ2v) is 5.05. The van der Waals surface area contributed by atoms with E-state index in [1.807, 2.05) is 0 Å². The van der Waals surface area contributed by atoms with E-state index in [1.54, 1.807) is 20.8 Å². The number of rotatable bonds is 7. The maximum absolute atomic E-state index is 12.3. The SMILES string of the molecule is CCOC(=O)CNC(=O)C1CC(OC(=O)OCC)CN1C(=O)OCC. The van der Waals surface area contributed by atoms with Gasteiger partial charge < -0.3 is 24.3 Å². The normalized spacial score (nSPS) is 19.1. The second kappa shape index (κ2) is 10.4. The summed E-state index contributed by atoms with van der Waals surface area (Å²) in [5.41, 5.74) is 0. The Hall–Kier alpha value is -2.52. The zero-order valence-corrected chi connectivity index (χ0v) is 14.6. The predicted octanol–water partition coefficient (Wildman–Crippen LogP) is 0.438. The molecule has 0 aromatic heterocycles. The second-order valence-electron chi connectivity index (χ2n) is 5.05. The monoisotopic (exact) mass is 360 g/mol. The molecule has 1 rings (SSSR count). The fraction of sp³-hybridized carbons (Fsp3) is 0.733. The number of carbonyl (C=O) groups excluding carboxylic acids is 4. The van der Waals surface area contributed by atoms with Crippen molar-refractivity contribution in [1.82, 2.24) is 10.2 Å². The molecule has 25 heavy (non-hydrogen) atoms. The highest BCUT2D eigenvalue weighted by Gasteiger charge is 2.42. The van der Waals surface area contributed by atoms with Gasteiger partial charge in [-0.1, -0.05) is 0 Å². The number of nitrogens with zero attached hydrogens (tertiary/aromatic N) is 1. The zero-order valence-electron chi connectivity index (χ0n) is 14.6. The van der Waals surface area contributed by atoms with E-state index in [0.717, 1.165) is 4.90 Å². The number of carbonyl (C=O) groups is 4. The first-order valence-corrected chi connectivity index (χ1v) is 8.12. The van der Waals surface area contributed by atoms with Crippen molar-refractivity contribution in [2.75, 3.05) is 32.9 Å². The molecule has 142 valence electrons. The lowest BCUT2D eigenvalue weighted by molar-refractivity contribution is -0.143. The Labute approximate surface area is 145 Å². The van der Waals surface area contributed by atoms with Gasteiger partial charge in [-0.3, -0.25) is 14.5 Å². The van der Waals surface area contributed by atoms with E-state index in [4.69, 9.17) is 18.9 Å². The molecule has 1 fully saturated rings. The lowest BCUT2D eigenvalue weighted by atomic mass is 10.2. The molecule has 0 aromatic carbocycles. The van der Waals surface area contributed by atoms with Gasteiger partial charge in [0.15, 0.2) is 0 Å². The zero-order chi connectivity index (χ0) is 18.8. The molecule has 0 aliphatic carbocycles. The number of esters is 1. The smallest absolute Gasteiger partial charge is 0.465 e. The molecule has 1 heterocycles. The first-order valence-electron chi connectivity index (χ1n) is 8.12. The number of hydrogen-bond donors (Lipinski definition) is 1. The molecule has 1 N–H and O–H groups in total. The summed E-state index contributed by atoms with van der Waals surface area (Å²) >= 11 is 0. The van der Waals surface area contributed by atoms with E-state index in [9.17, 15) is 19.2 Å². The van der Waals surface area contributed by atoms with Crippen molar-refractivity contribution in [3.05, 3.63) is 0 Å². The average Bonchev–Trinajstić information content (AvgIpc) is 2.97. The number of nitrogens with one attached hydrogen (secondary N) is 1. The molecule has 1 aliphatic heterocycles. The van der Waals surface area contributed by atoms with E-state index >= 15 is 0 Å². The summed E-state index contributed by atoms with van der Waals surface area (Å²) in [5.74, 6) is -1.15. The lowest BCUT2D eigenvalue weighted by Crippen LogP contribution is -2.47. The molecular weight excluding hydrogens is 336 g/mol. The standard InChI is InChI=1S/C15H24N2O8/c1-4-22-12(18)8-16-13(19)11-7-10(25-15(21)24-6-3)9-17(11)14(20)23-5-2/h10-11H,4-9H2,1-3H3,(H,16,19). The largest absolute Gasteiger partial charge is 0.508 e. The molecule has 0 spiro atoms. The Balaban J connectivity index is 2.70. The molecule has 1 aliphatic rings. The van der Waals surface area contributed by atoms with E-state index in [2.05, 4.69) is 5.32 Å². The minimum absolute atomic E-state index is 0.00482. The third kappa shape index (κ3) is 6.48. The van der Waals surface area contributed by atoms with Crippen LogP contribution in [0, 0.1) is 0 Å². The van der Waals surface area contributed by atoms with E-state index < -0.39 is 36.3 Å². The minimum Gasteiger partial charge on any atom is -0.465 e. The third-order valence-electron chi connectivity index (χ3n) is 3.31. The molecule has 10 nitrogen and oxygen atoms in total. The molecular formula is C15H24N2O8. The first kappa shape index (κ1) is 20.5. The minimum atomic E-state index is -0.923. The highest BCUT2D eigenvalue weighted by atomic mass is 16.7. The van der Waals surface area contributed by atoms with Gasteiger partial charge in [-0.15, -0.1) is 0 Å². The molecule has 2 atom stereocenters. The summed E-state index contributed by atoms with van der Waals surface area (Å²) in [5, 5.41) is 2.40. The summed E-state index contributed by atoms with van der Waals surface area (Å²) < 4.78 is 19.4. The third-order valence-corrected chi connectivity index (χ3v) is 3.31. The van der Waals surface area contributed by atoms with Crippen molar-refractivity contribution < 1.29 is 38.1 Å². The fourth-order valence-electron chi connectivity index (χ4n) is 2.32. The van der Waals surface area contributed by atoms with Gasteiger partial charge >= 0.3 is 18.2 Å². The van der Waals surface area contributed by atoms with Crippen molar-refractivity contribution in [3.8, 4) is 0 Å². The topological polar surface area (TPSA) is 120 Å². The van der Waals surface area contributed by atoms with Crippen LogP contribution < -0.4 is 5.32 Å². The number of ether oxygens (including phenoxy) is 4. The van der Waals surface area contributed by atoms with E-state index in [-0.39, 0.29) is 39.3 Å². The van der Waals surface area contributed by atoms with Gasteiger partial charge in [0.1, 0.15) is 18.7 Å². The Morgan fingerprint density at radius 1 is 1.00 bits per heavy atom. The quantitative estimate of drug-likeness (QED) is 0.513. The van der Waals surface area contributed by atoms with Gasteiger partial charge in [-0.2, -0.15) is 0 Å². The van der Waals surface area contributed by atoms with Crippen LogP contribution in [0.1, 0.15) is 27.2 Å². The highest BCUT2D eigenvalue weighted by molar-refractivity contribution is 5.88. The summed E-state index contributed by atoms with van der Waals surface area (Å²) in [6, 6.07) is -0.923. The van der Waals surface area contributed by atoms with E-state index in [1.165, 1.54) is 0 Å². The van der Waals surface area contributed by atoms with Gasteiger partial charge in [0.2, 0.25) is 5.91 Å². The van der Waals surface area contributed by atoms with Gasteiger partial charge in [-0.05, 0) is 20.8 Å². The molecule has 10 heteroatoms. The Bertz CT molecular complexity index is 496. The Kier molecular flexibility index (Phi) is 8.51. The maximum Gasteiger partial charge on any atom is 0.508 e. The van der Waals surface area contributed by atoms with Crippen molar-refractivity contribution in [1.29, 1.82) is 0 Å². The molecule has 2 unspecified atom stereocenters. The first-order chi connectivity index (χ1) is 11.9. The number of likely N-dealkylation sites (tertiary alicyclic amines) is 1. The number of amides is 2. The van der Waals surface area contributed by atoms with Crippen molar-refractivity contribution in [2.45, 2.75) is 39.3 Å². The fourth-order valence-corrected chi connectivity index (χ4v) is 2.32. The van der Waals surface area contributed by atoms with Crippen LogP contribution in [0.4, 0.5) is 9.59 Å². The molecule has 0 saturated carbocycles. The van der Waals surface area contributed by atoms with Crippen LogP contribution in [0.2, 0.25) is 0 Å². The van der Waals surface area contributed by atoms with Crippen molar-refractivity contribution in [2.24, 2.45) is 0 Å². The highest BCUT2D eigenvalue weighted by Crippen LogP contribution is 2.22. The predicted molar refractivity (Wildman–Crippen MR) is 83.7 cm³/mol. The lowest BCUT2D eigenvalue weighted by Gasteiger charge is -2.22. The van der Waals surface area contributed by atoms with Crippen LogP contribution in [0.15, 0.2) is 0 Å². The Morgan fingerprint density at radius 3 is 2.24 bits per heavy atom. The van der Waals surface area contributed by atoms with E-state index in [0.29, 0.717) is 0 Å². The summed E-state index contributed by atoms with van der Waals surface area (Å²) in [6.07, 6.45) is -2.20. The van der Waals surface area contributed by atoms with Crippen molar-refractivity contribution in [3.63, 3.8) is 0 Å². The molecule has 0 bridgehead atoms. The van der Waals surface area contributed by atoms with Crippen LogP contribution in [-0.4, -0.2) is 74.1 Å². The van der Waals surface area contributed by atoms with Gasteiger partial charge in [-0.25, -0.2) is 9.59 Å². The van der Waals surface area contributed by atoms with Gasteiger partial charge in [0.25, 0.3) is 0 Å². The van der Waals surface area contributed by atoms with Crippen LogP contribution in [0.25, 0.3) is 0 Å². The molecule has 0 aromatic rings. The van der Waals surface area contributed by atoms with Crippen LogP contribution in [0.5, 0.6) is 0 Å². The summed E-state index contributed by atoms with van der Waals surface area (Å²) in [6.45, 7) is 5.08. The van der Waals surface area contributed by atoms with Crippen LogP contribution in [-0.2, 0) is 28.5 Å². The van der Waals surface area contributed by atoms with Crippen LogP contribution >= 0.6 is 0 Å². The Morgan fingerprint density at radius 2 is 1.64 bits per heavy atom. The maximum atomic E-state index is 12.3. The average molecular weight is 360 g/mol. The van der Waals surface area contributed by atoms with Gasteiger partial charge in [0, 0.05) is 6.42 Å². The molecule has 2 amide bonds. The van der Waals surface area contributed by atoms with Crippen molar-refractivity contribution >= 4 is 24.1 Å². The number of hydrogen-bond acceptors (Lipinski definition) is 8. The molecule has 1 saturated heterocycles. The summed E-state index contributed by atoms with van der Waals surface area (Å²) in [7, 11) is 0.